The molecule has 0 atom stereocenters. The third-order valence-electron chi connectivity index (χ3n) is 8.84. The van der Waals surface area contributed by atoms with Gasteiger partial charge in [0.2, 0.25) is 0 Å². The molecule has 1 heteroatoms. The van der Waals surface area contributed by atoms with E-state index in [2.05, 4.69) is 128 Å². The van der Waals surface area contributed by atoms with Crippen molar-refractivity contribution in [1.29, 1.82) is 0 Å². The zero-order valence-corrected chi connectivity index (χ0v) is 26.2. The fourth-order valence-corrected chi connectivity index (χ4v) is 6.01. The predicted molar refractivity (Wildman–Crippen MR) is 190 cm³/mol. The number of hydrogen-bond donors (Lipinski definition) is 0. The van der Waals surface area contributed by atoms with E-state index in [0.717, 1.165) is 24.0 Å². The minimum atomic E-state index is -0.204. The first kappa shape index (κ1) is 30.3. The van der Waals surface area contributed by atoms with Gasteiger partial charge in [-0.25, -0.2) is 4.39 Å². The summed E-state index contributed by atoms with van der Waals surface area (Å²) in [5.74, 6) is -0.204. The molecule has 0 radical (unpaired) electrons. The molecule has 0 aliphatic carbocycles. The van der Waals surface area contributed by atoms with Gasteiger partial charge in [0.05, 0.1) is 0 Å². The lowest BCUT2D eigenvalue weighted by atomic mass is 9.97. The van der Waals surface area contributed by atoms with Crippen LogP contribution in [0.5, 0.6) is 0 Å². The van der Waals surface area contributed by atoms with Gasteiger partial charge in [-0.2, -0.15) is 0 Å². The average molecular weight is 589 g/mol. The summed E-state index contributed by atoms with van der Waals surface area (Å²) in [7, 11) is 0. The minimum absolute atomic E-state index is 0.204. The molecule has 0 spiro atoms. The fraction of sp³-hybridized carbons (Fsp3) is 0.182. The lowest BCUT2D eigenvalue weighted by Crippen LogP contribution is -1.89. The highest BCUT2D eigenvalue weighted by atomic mass is 19.1. The summed E-state index contributed by atoms with van der Waals surface area (Å²) < 4.78 is 13.2. The Bertz CT molecular complexity index is 1620. The first-order valence-electron chi connectivity index (χ1n) is 16.3. The van der Waals surface area contributed by atoms with Gasteiger partial charge in [-0.15, -0.1) is 0 Å². The summed E-state index contributed by atoms with van der Waals surface area (Å²) in [5.41, 5.74) is 13.8. The third-order valence-corrected chi connectivity index (χ3v) is 8.84. The van der Waals surface area contributed by atoms with E-state index in [1.807, 2.05) is 12.1 Å². The van der Waals surface area contributed by atoms with Crippen molar-refractivity contribution in [2.75, 3.05) is 0 Å². The smallest absolute Gasteiger partial charge is 0.123 e. The molecule has 0 amide bonds. The second-order valence-corrected chi connectivity index (χ2v) is 12.2. The highest BCUT2D eigenvalue weighted by molar-refractivity contribution is 5.71. The van der Waals surface area contributed by atoms with E-state index < -0.39 is 0 Å². The lowest BCUT2D eigenvalue weighted by molar-refractivity contribution is 0.613. The van der Waals surface area contributed by atoms with E-state index in [9.17, 15) is 4.39 Å². The Kier molecular flexibility index (Phi) is 9.97. The number of hydrogen-bond acceptors (Lipinski definition) is 0. The van der Waals surface area contributed by atoms with Gasteiger partial charge >= 0.3 is 0 Å². The van der Waals surface area contributed by atoms with Crippen molar-refractivity contribution in [3.63, 3.8) is 0 Å². The molecule has 6 aromatic rings. The van der Waals surface area contributed by atoms with Crippen molar-refractivity contribution in [3.05, 3.63) is 168 Å². The topological polar surface area (TPSA) is 0 Å². The molecule has 0 aliphatic rings. The Balaban J connectivity index is 0.887. The molecule has 0 aromatic heterocycles. The van der Waals surface area contributed by atoms with Gasteiger partial charge in [0.25, 0.3) is 0 Å². The molecule has 6 aromatic carbocycles. The molecular weight excluding hydrogens is 547 g/mol. The molecule has 0 heterocycles. The summed E-state index contributed by atoms with van der Waals surface area (Å²) >= 11 is 0. The highest BCUT2D eigenvalue weighted by Gasteiger charge is 2.04. The molecule has 0 nitrogen and oxygen atoms in total. The zero-order chi connectivity index (χ0) is 30.8. The monoisotopic (exact) mass is 588 g/mol. The van der Waals surface area contributed by atoms with E-state index in [1.54, 1.807) is 0 Å². The quantitative estimate of drug-likeness (QED) is 0.125. The summed E-state index contributed by atoms with van der Waals surface area (Å²) in [6.45, 7) is 2.13. The van der Waals surface area contributed by atoms with Crippen molar-refractivity contribution in [2.45, 2.75) is 51.9 Å². The molecule has 0 bridgehead atoms. The van der Waals surface area contributed by atoms with Gasteiger partial charge in [0.15, 0.2) is 0 Å². The van der Waals surface area contributed by atoms with Crippen molar-refractivity contribution >= 4 is 0 Å². The van der Waals surface area contributed by atoms with Gasteiger partial charge in [-0.1, -0.05) is 158 Å². The van der Waals surface area contributed by atoms with Crippen LogP contribution in [0, 0.1) is 12.7 Å². The van der Waals surface area contributed by atoms with Crippen molar-refractivity contribution in [2.24, 2.45) is 0 Å². The molecule has 0 saturated carbocycles. The Hall–Kier alpha value is -4.75. The van der Waals surface area contributed by atoms with Crippen LogP contribution in [-0.4, -0.2) is 0 Å². The van der Waals surface area contributed by atoms with Gasteiger partial charge in [-0.05, 0) is 100 Å². The van der Waals surface area contributed by atoms with Crippen LogP contribution in [0.25, 0.3) is 44.5 Å². The number of halogens is 1. The lowest BCUT2D eigenvalue weighted by Gasteiger charge is -2.08. The predicted octanol–water partition coefficient (Wildman–Crippen LogP) is 12.5. The number of unbranched alkanes of at least 4 members (excludes halogenated alkanes) is 4. The Morgan fingerprint density at radius 1 is 0.311 bits per heavy atom. The largest absolute Gasteiger partial charge is 0.207 e. The molecule has 6 rings (SSSR count). The SMILES string of the molecule is Cc1ccc(-c2ccc(-c3ccc(CCCCCCCc4ccc(-c5ccc(-c6ccc(F)cc6)cc5)cc4)cc3)cc2)cc1. The molecule has 45 heavy (non-hydrogen) atoms. The maximum absolute atomic E-state index is 13.2. The average Bonchev–Trinajstić information content (AvgIpc) is 3.09. The standard InChI is InChI=1S/C44H41F/c1-33-9-15-36(16-10-33)39-21-23-40(24-22-39)37-17-11-34(12-18-37)7-5-3-2-4-6-8-35-13-19-38(20-14-35)41-25-27-42(28-26-41)43-29-31-44(45)32-30-43/h9-32H,2-8H2,1H3. The van der Waals surface area contributed by atoms with Crippen molar-refractivity contribution in [3.8, 4) is 44.5 Å². The summed E-state index contributed by atoms with van der Waals surface area (Å²) in [5, 5.41) is 0. The first-order chi connectivity index (χ1) is 22.1. The van der Waals surface area contributed by atoms with Gasteiger partial charge in [0, 0.05) is 0 Å². The first-order valence-corrected chi connectivity index (χ1v) is 16.3. The van der Waals surface area contributed by atoms with E-state index in [0.29, 0.717) is 0 Å². The van der Waals surface area contributed by atoms with Crippen LogP contribution in [0.15, 0.2) is 146 Å². The molecule has 0 N–H and O–H groups in total. The maximum Gasteiger partial charge on any atom is 0.123 e. The minimum Gasteiger partial charge on any atom is -0.207 e. The van der Waals surface area contributed by atoms with Crippen molar-refractivity contribution in [1.82, 2.24) is 0 Å². The van der Waals surface area contributed by atoms with E-state index in [1.165, 1.54) is 94.3 Å². The third kappa shape index (κ3) is 8.25. The number of aryl methyl sites for hydroxylation is 3. The number of benzene rings is 6. The van der Waals surface area contributed by atoms with Gasteiger partial charge < -0.3 is 0 Å². The molecule has 0 saturated heterocycles. The van der Waals surface area contributed by atoms with E-state index in [-0.39, 0.29) is 5.82 Å². The Labute approximate surface area is 268 Å². The fourth-order valence-electron chi connectivity index (χ4n) is 6.01. The van der Waals surface area contributed by atoms with E-state index >= 15 is 0 Å². The number of rotatable bonds is 12. The second-order valence-electron chi connectivity index (χ2n) is 12.2. The van der Waals surface area contributed by atoms with Crippen molar-refractivity contribution < 1.29 is 4.39 Å². The molecule has 0 unspecified atom stereocenters. The van der Waals surface area contributed by atoms with E-state index in [4.69, 9.17) is 0 Å². The van der Waals surface area contributed by atoms with Crippen LogP contribution in [0.1, 0.15) is 48.8 Å². The summed E-state index contributed by atoms with van der Waals surface area (Å²) in [6.07, 6.45) is 8.64. The van der Waals surface area contributed by atoms with Crippen LogP contribution in [-0.2, 0) is 12.8 Å². The van der Waals surface area contributed by atoms with Crippen LogP contribution in [0.2, 0.25) is 0 Å². The highest BCUT2D eigenvalue weighted by Crippen LogP contribution is 2.27. The van der Waals surface area contributed by atoms with Crippen LogP contribution >= 0.6 is 0 Å². The summed E-state index contributed by atoms with van der Waals surface area (Å²) in [6, 6.07) is 50.9. The second kappa shape index (κ2) is 14.8. The maximum atomic E-state index is 13.2. The normalized spacial score (nSPS) is 11.1. The zero-order valence-electron chi connectivity index (χ0n) is 26.2. The summed E-state index contributed by atoms with van der Waals surface area (Å²) in [4.78, 5) is 0. The van der Waals surface area contributed by atoms with Crippen LogP contribution in [0.3, 0.4) is 0 Å². The molecule has 224 valence electrons. The van der Waals surface area contributed by atoms with Gasteiger partial charge in [-0.3, -0.25) is 0 Å². The Morgan fingerprint density at radius 2 is 0.556 bits per heavy atom. The Morgan fingerprint density at radius 3 is 0.889 bits per heavy atom. The molecular formula is C44H41F. The van der Waals surface area contributed by atoms with Crippen LogP contribution in [0.4, 0.5) is 4.39 Å². The van der Waals surface area contributed by atoms with Crippen LogP contribution < -0.4 is 0 Å². The van der Waals surface area contributed by atoms with Gasteiger partial charge in [0.1, 0.15) is 5.82 Å². The molecule has 0 aliphatic heterocycles. The molecule has 0 fully saturated rings.